The van der Waals surface area contributed by atoms with Crippen molar-refractivity contribution < 1.29 is 32.3 Å². The second-order valence-electron chi connectivity index (χ2n) is 6.94. The van der Waals surface area contributed by atoms with E-state index < -0.39 is 42.2 Å². The number of halogens is 3. The van der Waals surface area contributed by atoms with Gasteiger partial charge in [-0.05, 0) is 36.6 Å². The number of carbonyl (C=O) groups is 3. The lowest BCUT2D eigenvalue weighted by molar-refractivity contribution is -0.151. The fourth-order valence-electron chi connectivity index (χ4n) is 3.17. The molecule has 0 saturated heterocycles. The summed E-state index contributed by atoms with van der Waals surface area (Å²) in [7, 11) is 0. The van der Waals surface area contributed by atoms with Gasteiger partial charge in [0.15, 0.2) is 6.10 Å². The minimum absolute atomic E-state index is 0.0886. The normalized spacial score (nSPS) is 14.5. The van der Waals surface area contributed by atoms with Gasteiger partial charge in [-0.2, -0.15) is 13.2 Å². The summed E-state index contributed by atoms with van der Waals surface area (Å²) in [6, 6.07) is 4.51. The molecule has 1 N–H and O–H groups in total. The smallest absolute Gasteiger partial charge is 0.416 e. The molecule has 1 unspecified atom stereocenters. The first-order chi connectivity index (χ1) is 15.6. The molecule has 0 aliphatic carbocycles. The number of carbonyl (C=O) groups excluding carboxylic acids is 3. The Labute approximate surface area is 193 Å². The molecule has 0 spiro atoms. The molecule has 0 saturated carbocycles. The summed E-state index contributed by atoms with van der Waals surface area (Å²) in [5, 5.41) is 5.59. The van der Waals surface area contributed by atoms with Gasteiger partial charge in [0.25, 0.3) is 5.91 Å². The van der Waals surface area contributed by atoms with Crippen LogP contribution in [0, 0.1) is 0 Å². The molecule has 1 aliphatic heterocycles. The first kappa shape index (κ1) is 23.0. The molecule has 3 aromatic rings. The fourth-order valence-corrected chi connectivity index (χ4v) is 4.74. The number of aromatic nitrogens is 2. The number of hydrogen-bond donors (Lipinski definition) is 1. The summed E-state index contributed by atoms with van der Waals surface area (Å²) in [5.41, 5.74) is -1.02. The zero-order valence-corrected chi connectivity index (χ0v) is 18.5. The van der Waals surface area contributed by atoms with Crippen LogP contribution >= 0.6 is 23.1 Å². The van der Waals surface area contributed by atoms with Crippen molar-refractivity contribution in [2.24, 2.45) is 0 Å². The van der Waals surface area contributed by atoms with Gasteiger partial charge in [0.05, 0.1) is 22.7 Å². The zero-order chi connectivity index (χ0) is 23.8. The summed E-state index contributed by atoms with van der Waals surface area (Å²) in [4.78, 5) is 47.2. The summed E-state index contributed by atoms with van der Waals surface area (Å²) < 4.78 is 44.2. The Morgan fingerprint density at radius 3 is 2.85 bits per heavy atom. The quantitative estimate of drug-likeness (QED) is 0.326. The Bertz CT molecular complexity index is 1250. The number of nitrogens with one attached hydrogen (secondary N) is 1. The number of thiophene rings is 1. The van der Waals surface area contributed by atoms with Gasteiger partial charge < -0.3 is 10.1 Å². The lowest BCUT2D eigenvalue weighted by Gasteiger charge is -2.31. The average molecular weight is 496 g/mol. The molecule has 2 amide bonds. The van der Waals surface area contributed by atoms with E-state index in [1.165, 1.54) is 24.6 Å². The maximum Gasteiger partial charge on any atom is 0.416 e. The Balaban J connectivity index is 1.43. The summed E-state index contributed by atoms with van der Waals surface area (Å²) in [6.45, 7) is 0.924. The highest BCUT2D eigenvalue weighted by atomic mass is 32.2. The predicted octanol–water partition coefficient (Wildman–Crippen LogP) is 3.72. The number of nitrogens with zero attached hydrogens (tertiary/aromatic N) is 3. The van der Waals surface area contributed by atoms with Gasteiger partial charge >= 0.3 is 12.1 Å². The van der Waals surface area contributed by atoms with Crippen LogP contribution < -0.4 is 10.2 Å². The van der Waals surface area contributed by atoms with Crippen molar-refractivity contribution >= 4 is 62.5 Å². The minimum atomic E-state index is -4.61. The molecule has 2 aromatic heterocycles. The van der Waals surface area contributed by atoms with Gasteiger partial charge in [0, 0.05) is 5.39 Å². The van der Waals surface area contributed by atoms with Crippen LogP contribution in [0.2, 0.25) is 0 Å². The number of amides is 2. The second kappa shape index (κ2) is 8.98. The van der Waals surface area contributed by atoms with E-state index in [2.05, 4.69) is 15.3 Å². The first-order valence-corrected chi connectivity index (χ1v) is 11.3. The molecule has 0 bridgehead atoms. The first-order valence-electron chi connectivity index (χ1n) is 9.46. The SMILES string of the molecule is CC(OC(=O)CSc1ncnc2sccc12)C(=O)N1CC(=O)Nc2cc(C(F)(F)F)ccc21. The molecule has 33 heavy (non-hydrogen) atoms. The van der Waals surface area contributed by atoms with Crippen LogP contribution in [-0.2, 0) is 25.3 Å². The minimum Gasteiger partial charge on any atom is -0.452 e. The number of hydrogen-bond acceptors (Lipinski definition) is 8. The third-order valence-corrected chi connectivity index (χ3v) is 6.46. The number of ether oxygens (including phenoxy) is 1. The molecule has 1 aliphatic rings. The van der Waals surface area contributed by atoms with Crippen LogP contribution in [-0.4, -0.2) is 46.2 Å². The van der Waals surface area contributed by atoms with Gasteiger partial charge in [-0.25, -0.2) is 9.97 Å². The van der Waals surface area contributed by atoms with Gasteiger partial charge in [0.1, 0.15) is 22.7 Å². The molecule has 0 fully saturated rings. The van der Waals surface area contributed by atoms with Crippen molar-refractivity contribution in [3.05, 3.63) is 41.5 Å². The number of thioether (sulfide) groups is 1. The average Bonchev–Trinajstić information content (AvgIpc) is 3.25. The highest BCUT2D eigenvalue weighted by molar-refractivity contribution is 8.00. The zero-order valence-electron chi connectivity index (χ0n) is 16.9. The van der Waals surface area contributed by atoms with E-state index in [9.17, 15) is 27.6 Å². The third kappa shape index (κ3) is 4.93. The highest BCUT2D eigenvalue weighted by Crippen LogP contribution is 2.37. The van der Waals surface area contributed by atoms with E-state index in [-0.39, 0.29) is 17.1 Å². The third-order valence-electron chi connectivity index (χ3n) is 4.66. The number of benzene rings is 1. The molecular weight excluding hydrogens is 481 g/mol. The molecular formula is C20H15F3N4O4S2. The van der Waals surface area contributed by atoms with Crippen LogP contribution in [0.5, 0.6) is 0 Å². The molecule has 4 rings (SSSR count). The van der Waals surface area contributed by atoms with E-state index in [1.54, 1.807) is 0 Å². The molecule has 1 atom stereocenters. The van der Waals surface area contributed by atoms with Crippen LogP contribution in [0.15, 0.2) is 41.0 Å². The van der Waals surface area contributed by atoms with E-state index in [0.29, 0.717) is 5.03 Å². The molecule has 3 heterocycles. The largest absolute Gasteiger partial charge is 0.452 e. The van der Waals surface area contributed by atoms with Gasteiger partial charge in [-0.3, -0.25) is 19.3 Å². The van der Waals surface area contributed by atoms with Crippen LogP contribution in [0.3, 0.4) is 0 Å². The highest BCUT2D eigenvalue weighted by Gasteiger charge is 2.35. The van der Waals surface area contributed by atoms with E-state index in [0.717, 1.165) is 45.1 Å². The summed E-state index contributed by atoms with van der Waals surface area (Å²) in [5.74, 6) is -2.19. The molecule has 1 aromatic carbocycles. The number of anilines is 2. The number of rotatable bonds is 5. The number of fused-ring (bicyclic) bond motifs is 2. The Hall–Kier alpha value is -3.19. The van der Waals surface area contributed by atoms with Gasteiger partial charge in [-0.1, -0.05) is 11.8 Å². The predicted molar refractivity (Wildman–Crippen MR) is 116 cm³/mol. The lowest BCUT2D eigenvalue weighted by Crippen LogP contribution is -2.47. The standard InChI is InChI=1S/C20H15F3N4O4S2/c1-10(31-16(29)8-33-18-12-4-5-32-17(12)24-9-25-18)19(30)27-7-15(28)26-13-6-11(20(21,22)23)2-3-14(13)27/h2-6,9-10H,7-8H2,1H3,(H,26,28). The number of alkyl halides is 3. The van der Waals surface area contributed by atoms with E-state index in [4.69, 9.17) is 4.74 Å². The molecule has 8 nitrogen and oxygen atoms in total. The molecule has 0 radical (unpaired) electrons. The van der Waals surface area contributed by atoms with Gasteiger partial charge in [0.2, 0.25) is 5.91 Å². The Morgan fingerprint density at radius 2 is 2.09 bits per heavy atom. The van der Waals surface area contributed by atoms with Crippen LogP contribution in [0.4, 0.5) is 24.5 Å². The fraction of sp³-hybridized carbons (Fsp3) is 0.250. The summed E-state index contributed by atoms with van der Waals surface area (Å²) in [6.07, 6.45) is -4.47. The number of esters is 1. The van der Waals surface area contributed by atoms with Crippen molar-refractivity contribution in [3.8, 4) is 0 Å². The summed E-state index contributed by atoms with van der Waals surface area (Å²) >= 11 is 2.57. The molecule has 172 valence electrons. The molecule has 13 heteroatoms. The Morgan fingerprint density at radius 1 is 1.30 bits per heavy atom. The maximum absolute atomic E-state index is 13.0. The monoisotopic (exact) mass is 496 g/mol. The topological polar surface area (TPSA) is 101 Å². The van der Waals surface area contributed by atoms with Crippen LogP contribution in [0.1, 0.15) is 12.5 Å². The van der Waals surface area contributed by atoms with E-state index >= 15 is 0 Å². The lowest BCUT2D eigenvalue weighted by atomic mass is 10.1. The maximum atomic E-state index is 13.0. The van der Waals surface area contributed by atoms with Crippen molar-refractivity contribution in [1.29, 1.82) is 0 Å². The van der Waals surface area contributed by atoms with Gasteiger partial charge in [-0.15, -0.1) is 11.3 Å². The van der Waals surface area contributed by atoms with Crippen LogP contribution in [0.25, 0.3) is 10.2 Å². The van der Waals surface area contributed by atoms with Crippen molar-refractivity contribution in [2.45, 2.75) is 24.2 Å². The Kier molecular flexibility index (Phi) is 6.26. The van der Waals surface area contributed by atoms with Crippen molar-refractivity contribution in [2.75, 3.05) is 22.5 Å². The van der Waals surface area contributed by atoms with E-state index in [1.807, 2.05) is 11.4 Å². The van der Waals surface area contributed by atoms with Crippen molar-refractivity contribution in [1.82, 2.24) is 9.97 Å². The second-order valence-corrected chi connectivity index (χ2v) is 8.80. The van der Waals surface area contributed by atoms with Crippen molar-refractivity contribution in [3.63, 3.8) is 0 Å².